The first-order valence-electron chi connectivity index (χ1n) is 7.96. The first-order chi connectivity index (χ1) is 12.0. The SMILES string of the molecule is Cc1nn(-c2cccc(C3(F)CNC3)n2)c2cc(CC(N)=O)ncc12. The van der Waals surface area contributed by atoms with Gasteiger partial charge in [0.05, 0.1) is 29.0 Å². The average Bonchev–Trinajstić information content (AvgIpc) is 2.89. The fourth-order valence-corrected chi connectivity index (χ4v) is 2.96. The zero-order chi connectivity index (χ0) is 17.6. The molecule has 0 aliphatic carbocycles. The van der Waals surface area contributed by atoms with Crippen molar-refractivity contribution in [2.75, 3.05) is 13.1 Å². The summed E-state index contributed by atoms with van der Waals surface area (Å²) in [6, 6.07) is 7.00. The van der Waals surface area contributed by atoms with Gasteiger partial charge in [-0.25, -0.2) is 14.1 Å². The van der Waals surface area contributed by atoms with Crippen LogP contribution in [0.2, 0.25) is 0 Å². The molecule has 0 atom stereocenters. The summed E-state index contributed by atoms with van der Waals surface area (Å²) >= 11 is 0. The third-order valence-corrected chi connectivity index (χ3v) is 4.38. The molecule has 7 nitrogen and oxygen atoms in total. The number of halogens is 1. The molecule has 25 heavy (non-hydrogen) atoms. The Hall–Kier alpha value is -2.87. The molecule has 1 aliphatic rings. The molecule has 128 valence electrons. The number of nitrogens with zero attached hydrogens (tertiary/aromatic N) is 4. The van der Waals surface area contributed by atoms with Crippen LogP contribution in [0.4, 0.5) is 4.39 Å². The highest BCUT2D eigenvalue weighted by atomic mass is 19.1. The number of pyridine rings is 2. The van der Waals surface area contributed by atoms with E-state index in [0.29, 0.717) is 17.2 Å². The van der Waals surface area contributed by atoms with Crippen LogP contribution in [0.1, 0.15) is 17.1 Å². The number of nitrogens with two attached hydrogens (primary N) is 1. The number of alkyl halides is 1. The topological polar surface area (TPSA) is 98.7 Å². The van der Waals surface area contributed by atoms with Crippen LogP contribution in [-0.2, 0) is 16.9 Å². The van der Waals surface area contributed by atoms with Gasteiger partial charge in [-0.1, -0.05) is 6.07 Å². The van der Waals surface area contributed by atoms with Crippen molar-refractivity contribution in [3.8, 4) is 5.82 Å². The lowest BCUT2D eigenvalue weighted by atomic mass is 9.95. The van der Waals surface area contributed by atoms with Gasteiger partial charge in [-0.05, 0) is 25.1 Å². The maximum absolute atomic E-state index is 14.6. The van der Waals surface area contributed by atoms with Crippen molar-refractivity contribution in [1.29, 1.82) is 0 Å². The lowest BCUT2D eigenvalue weighted by Gasteiger charge is -2.34. The zero-order valence-corrected chi connectivity index (χ0v) is 13.7. The molecule has 1 amide bonds. The summed E-state index contributed by atoms with van der Waals surface area (Å²) in [6.45, 7) is 2.38. The van der Waals surface area contributed by atoms with Gasteiger partial charge >= 0.3 is 0 Å². The second-order valence-electron chi connectivity index (χ2n) is 6.28. The standard InChI is InChI=1S/C17H17FN6O/c1-10-12-7-21-11(6-15(19)25)5-13(12)24(23-10)16-4-2-3-14(22-16)17(18)8-20-9-17/h2-5,7,20H,6,8-9H2,1H3,(H2,19,25). The number of aromatic nitrogens is 4. The molecule has 0 aromatic carbocycles. The first kappa shape index (κ1) is 15.6. The van der Waals surface area contributed by atoms with Crippen molar-refractivity contribution < 1.29 is 9.18 Å². The number of amides is 1. The smallest absolute Gasteiger partial charge is 0.223 e. The Labute approximate surface area is 143 Å². The lowest BCUT2D eigenvalue weighted by Crippen LogP contribution is -2.54. The number of nitrogens with one attached hydrogen (secondary N) is 1. The van der Waals surface area contributed by atoms with E-state index in [2.05, 4.69) is 20.4 Å². The van der Waals surface area contributed by atoms with E-state index >= 15 is 0 Å². The van der Waals surface area contributed by atoms with Crippen molar-refractivity contribution in [2.24, 2.45) is 5.73 Å². The maximum atomic E-state index is 14.6. The quantitative estimate of drug-likeness (QED) is 0.736. The van der Waals surface area contributed by atoms with E-state index in [9.17, 15) is 9.18 Å². The Bertz CT molecular complexity index is 978. The molecule has 3 aromatic rings. The summed E-state index contributed by atoms with van der Waals surface area (Å²) in [5, 5.41) is 8.28. The molecule has 4 rings (SSSR count). The van der Waals surface area contributed by atoms with E-state index < -0.39 is 11.6 Å². The van der Waals surface area contributed by atoms with E-state index in [0.717, 1.165) is 16.6 Å². The van der Waals surface area contributed by atoms with Crippen LogP contribution < -0.4 is 11.1 Å². The molecule has 3 N–H and O–H groups in total. The highest BCUT2D eigenvalue weighted by Crippen LogP contribution is 2.29. The van der Waals surface area contributed by atoms with Gasteiger partial charge in [0.1, 0.15) is 0 Å². The lowest BCUT2D eigenvalue weighted by molar-refractivity contribution is -0.117. The molecule has 0 spiro atoms. The summed E-state index contributed by atoms with van der Waals surface area (Å²) in [5.74, 6) is 0.0716. The fraction of sp³-hybridized carbons (Fsp3) is 0.294. The highest BCUT2D eigenvalue weighted by Gasteiger charge is 2.40. The number of aryl methyl sites for hydroxylation is 1. The predicted molar refractivity (Wildman–Crippen MR) is 90.0 cm³/mol. The molecular weight excluding hydrogens is 323 g/mol. The Morgan fingerprint density at radius 1 is 1.44 bits per heavy atom. The summed E-state index contributed by atoms with van der Waals surface area (Å²) in [4.78, 5) is 19.9. The van der Waals surface area contributed by atoms with Gasteiger partial charge in [0.2, 0.25) is 5.91 Å². The minimum Gasteiger partial charge on any atom is -0.369 e. The number of fused-ring (bicyclic) bond motifs is 1. The Balaban J connectivity index is 1.83. The van der Waals surface area contributed by atoms with Crippen LogP contribution in [0, 0.1) is 6.92 Å². The summed E-state index contributed by atoms with van der Waals surface area (Å²) in [5.41, 5.74) is 6.29. The summed E-state index contributed by atoms with van der Waals surface area (Å²) in [6.07, 6.45) is 1.72. The van der Waals surface area contributed by atoms with Crippen molar-refractivity contribution in [2.45, 2.75) is 19.0 Å². The molecule has 0 saturated carbocycles. The Morgan fingerprint density at radius 3 is 2.92 bits per heavy atom. The van der Waals surface area contributed by atoms with Crippen LogP contribution in [0.3, 0.4) is 0 Å². The molecule has 3 aromatic heterocycles. The molecule has 1 aliphatic heterocycles. The van der Waals surface area contributed by atoms with Gasteiger partial charge in [0.25, 0.3) is 0 Å². The molecule has 0 unspecified atom stereocenters. The van der Waals surface area contributed by atoms with Gasteiger partial charge in [-0.2, -0.15) is 5.10 Å². The average molecular weight is 340 g/mol. The third kappa shape index (κ3) is 2.64. The van der Waals surface area contributed by atoms with Crippen LogP contribution in [-0.4, -0.2) is 38.7 Å². The van der Waals surface area contributed by atoms with Gasteiger partial charge < -0.3 is 11.1 Å². The van der Waals surface area contributed by atoms with Crippen molar-refractivity contribution in [3.63, 3.8) is 0 Å². The van der Waals surface area contributed by atoms with Crippen LogP contribution in [0.5, 0.6) is 0 Å². The number of hydrogen-bond acceptors (Lipinski definition) is 5. The van der Waals surface area contributed by atoms with E-state index in [4.69, 9.17) is 5.73 Å². The second-order valence-corrected chi connectivity index (χ2v) is 6.28. The van der Waals surface area contributed by atoms with Gasteiger partial charge in [-0.15, -0.1) is 0 Å². The third-order valence-electron chi connectivity index (χ3n) is 4.38. The van der Waals surface area contributed by atoms with Crippen LogP contribution in [0.15, 0.2) is 30.5 Å². The van der Waals surface area contributed by atoms with E-state index in [-0.39, 0.29) is 19.5 Å². The largest absolute Gasteiger partial charge is 0.369 e. The second kappa shape index (κ2) is 5.59. The highest BCUT2D eigenvalue weighted by molar-refractivity contribution is 5.84. The van der Waals surface area contributed by atoms with Gasteiger partial charge in [0.15, 0.2) is 11.5 Å². The van der Waals surface area contributed by atoms with E-state index in [1.165, 1.54) is 0 Å². The molecule has 1 saturated heterocycles. The molecule has 4 heterocycles. The number of rotatable bonds is 4. The monoisotopic (exact) mass is 340 g/mol. The molecular formula is C17H17FN6O. The van der Waals surface area contributed by atoms with E-state index in [1.807, 2.05) is 6.92 Å². The first-order valence-corrected chi connectivity index (χ1v) is 7.96. The van der Waals surface area contributed by atoms with E-state index in [1.54, 1.807) is 35.1 Å². The van der Waals surface area contributed by atoms with Crippen molar-refractivity contribution in [3.05, 3.63) is 47.5 Å². The normalized spacial score (nSPS) is 15.9. The van der Waals surface area contributed by atoms with Gasteiger partial charge in [-0.3, -0.25) is 9.78 Å². The minimum atomic E-state index is -1.44. The fourth-order valence-electron chi connectivity index (χ4n) is 2.96. The summed E-state index contributed by atoms with van der Waals surface area (Å²) < 4.78 is 16.3. The van der Waals surface area contributed by atoms with Gasteiger partial charge in [0, 0.05) is 24.7 Å². The number of hydrogen-bond donors (Lipinski definition) is 2. The Kier molecular flexibility index (Phi) is 3.50. The van der Waals surface area contributed by atoms with Crippen molar-refractivity contribution in [1.82, 2.24) is 25.1 Å². The van der Waals surface area contributed by atoms with Crippen LogP contribution >= 0.6 is 0 Å². The Morgan fingerprint density at radius 2 is 2.24 bits per heavy atom. The zero-order valence-electron chi connectivity index (χ0n) is 13.7. The molecule has 0 bridgehead atoms. The maximum Gasteiger partial charge on any atom is 0.223 e. The molecule has 1 fully saturated rings. The summed E-state index contributed by atoms with van der Waals surface area (Å²) in [7, 11) is 0. The van der Waals surface area contributed by atoms with Crippen molar-refractivity contribution >= 4 is 16.8 Å². The van der Waals surface area contributed by atoms with Crippen LogP contribution in [0.25, 0.3) is 16.7 Å². The minimum absolute atomic E-state index is 0.0485. The molecule has 8 heteroatoms. The predicted octanol–water partition coefficient (Wildman–Crippen LogP) is 0.920. The number of carbonyl (C=O) groups is 1. The number of primary amides is 1. The molecule has 0 radical (unpaired) electrons. The number of carbonyl (C=O) groups excluding carboxylic acids is 1.